The van der Waals surface area contributed by atoms with E-state index in [0.29, 0.717) is 49.7 Å². The third kappa shape index (κ3) is 12.8. The fourth-order valence-corrected chi connectivity index (χ4v) is 12.4. The number of anilines is 2. The van der Waals surface area contributed by atoms with E-state index in [9.17, 15) is 28.7 Å². The number of piperidine rings is 3. The summed E-state index contributed by atoms with van der Waals surface area (Å²) in [6.07, 6.45) is 9.99. The van der Waals surface area contributed by atoms with Gasteiger partial charge in [0, 0.05) is 94.7 Å². The molecule has 1 aromatic carbocycles. The van der Waals surface area contributed by atoms with Crippen LogP contribution in [0.15, 0.2) is 58.3 Å². The number of pyridine rings is 1. The Balaban J connectivity index is 0.767. The third-order valence-electron chi connectivity index (χ3n) is 15.8. The first-order valence-electron chi connectivity index (χ1n) is 26.4. The van der Waals surface area contributed by atoms with Crippen LogP contribution in [0, 0.1) is 23.7 Å². The standard InChI is InChI=1S/C54H71ClFN11O6S2/c1-33-46(74-32-62-33)35-6-7-36(27-61-49(70)39-26-37(68)30-67(39)50(71)47(52(2,3)4)63-51(72)54(56)13-14-54)40(25-35)73-38-11-20-65(21-12-38)44(69)24-34-9-18-66(19-10-34)48-45(55)41(8-17-58-48)75-43-29-59-42(28-60-43)64-22-15-53(5,31-57)16-23-64/h6-8,17,25,28-29,32,34,37-39,47,68H,9-16,18-24,26-27,30-31,57H2,1-5H3,(H,61,70)(H,63,72)/t37-,39+,47-/m1/s1. The molecule has 0 unspecified atom stereocenters. The highest BCUT2D eigenvalue weighted by atomic mass is 35.5. The zero-order chi connectivity index (χ0) is 53.2. The van der Waals surface area contributed by atoms with Crippen LogP contribution in [0.1, 0.15) is 103 Å². The molecule has 5 fully saturated rings. The number of rotatable bonds is 16. The lowest BCUT2D eigenvalue weighted by Crippen LogP contribution is -2.59. The zero-order valence-corrected chi connectivity index (χ0v) is 46.0. The van der Waals surface area contributed by atoms with Gasteiger partial charge < -0.3 is 45.8 Å². The second kappa shape index (κ2) is 22.8. The van der Waals surface area contributed by atoms with Crippen molar-refractivity contribution >= 4 is 70.0 Å². The van der Waals surface area contributed by atoms with Crippen LogP contribution < -0.4 is 30.9 Å². The average Bonchev–Trinajstić information content (AvgIpc) is 3.81. The highest BCUT2D eigenvalue weighted by Crippen LogP contribution is 2.42. The fourth-order valence-electron chi connectivity index (χ4n) is 10.5. The first-order valence-corrected chi connectivity index (χ1v) is 28.5. The normalized spacial score (nSPS) is 21.5. The van der Waals surface area contributed by atoms with Crippen molar-refractivity contribution in [3.05, 3.63) is 64.6 Å². The number of β-amino-alcohol motifs (C(OH)–C–C–N with tert-alkyl or cyclic N) is 1. The van der Waals surface area contributed by atoms with Crippen molar-refractivity contribution in [2.45, 2.75) is 145 Å². The van der Waals surface area contributed by atoms with Gasteiger partial charge in [-0.05, 0) is 86.4 Å². The number of carbonyl (C=O) groups is 4. The smallest absolute Gasteiger partial charge is 0.258 e. The van der Waals surface area contributed by atoms with Gasteiger partial charge in [-0.3, -0.25) is 19.2 Å². The summed E-state index contributed by atoms with van der Waals surface area (Å²) >= 11 is 10.0. The molecule has 5 aliphatic rings. The summed E-state index contributed by atoms with van der Waals surface area (Å²) in [5.41, 5.74) is 7.75. The van der Waals surface area contributed by atoms with E-state index in [-0.39, 0.29) is 55.7 Å². The summed E-state index contributed by atoms with van der Waals surface area (Å²) < 4.78 is 21.5. The van der Waals surface area contributed by atoms with Gasteiger partial charge in [-0.15, -0.1) is 11.3 Å². The number of likely N-dealkylation sites (tertiary alicyclic amines) is 2. The summed E-state index contributed by atoms with van der Waals surface area (Å²) in [7, 11) is 0. The van der Waals surface area contributed by atoms with Crippen molar-refractivity contribution in [3.63, 3.8) is 0 Å². The Morgan fingerprint density at radius 1 is 0.973 bits per heavy atom. The molecule has 4 saturated heterocycles. The molecule has 4 aromatic rings. The van der Waals surface area contributed by atoms with Crippen LogP contribution in [0.3, 0.4) is 0 Å². The maximum Gasteiger partial charge on any atom is 0.258 e. The van der Waals surface area contributed by atoms with Gasteiger partial charge in [-0.2, -0.15) is 0 Å². The number of nitrogens with one attached hydrogen (secondary N) is 2. The number of alkyl halides is 1. The van der Waals surface area contributed by atoms with Crippen molar-refractivity contribution in [3.8, 4) is 16.2 Å². The molecular formula is C54H71ClFN11O6S2. The number of hydrogen-bond acceptors (Lipinski definition) is 15. The highest BCUT2D eigenvalue weighted by molar-refractivity contribution is 7.99. The molecule has 9 rings (SSSR count). The van der Waals surface area contributed by atoms with Gasteiger partial charge in [0.05, 0.1) is 39.6 Å². The number of benzene rings is 1. The molecule has 0 spiro atoms. The number of nitrogens with zero attached hydrogens (tertiary/aromatic N) is 8. The maximum absolute atomic E-state index is 14.7. The molecule has 404 valence electrons. The van der Waals surface area contributed by atoms with Crippen LogP contribution >= 0.6 is 34.7 Å². The van der Waals surface area contributed by atoms with Crippen LogP contribution in [0.2, 0.25) is 5.02 Å². The molecule has 5 N–H and O–H groups in total. The van der Waals surface area contributed by atoms with E-state index < -0.39 is 47.0 Å². The fraction of sp³-hybridized carbons (Fsp3) is 0.593. The minimum absolute atomic E-state index is 0.0162. The van der Waals surface area contributed by atoms with Crippen molar-refractivity contribution in [2.24, 2.45) is 22.5 Å². The molecule has 3 aromatic heterocycles. The van der Waals surface area contributed by atoms with Gasteiger partial charge >= 0.3 is 0 Å². The van der Waals surface area contributed by atoms with Gasteiger partial charge in [0.25, 0.3) is 5.91 Å². The molecule has 3 atom stereocenters. The molecule has 21 heteroatoms. The predicted molar refractivity (Wildman–Crippen MR) is 289 cm³/mol. The molecule has 75 heavy (non-hydrogen) atoms. The minimum Gasteiger partial charge on any atom is -0.490 e. The van der Waals surface area contributed by atoms with E-state index in [0.717, 1.165) is 95.1 Å². The van der Waals surface area contributed by atoms with Gasteiger partial charge in [0.1, 0.15) is 40.6 Å². The van der Waals surface area contributed by atoms with E-state index in [1.165, 1.54) is 28.0 Å². The van der Waals surface area contributed by atoms with E-state index in [1.54, 1.807) is 38.7 Å². The van der Waals surface area contributed by atoms with Gasteiger partial charge in [0.15, 0.2) is 5.67 Å². The Labute approximate surface area is 452 Å². The molecule has 17 nitrogen and oxygen atoms in total. The number of aliphatic hydroxyl groups is 1. The number of halogens is 2. The summed E-state index contributed by atoms with van der Waals surface area (Å²) in [4.78, 5) is 82.7. The molecule has 0 radical (unpaired) electrons. The van der Waals surface area contributed by atoms with Crippen LogP contribution in [0.5, 0.6) is 5.75 Å². The molecule has 1 saturated carbocycles. The lowest BCUT2D eigenvalue weighted by atomic mass is 9.80. The molecule has 4 amide bonds. The van der Waals surface area contributed by atoms with Crippen molar-refractivity contribution in [1.29, 1.82) is 0 Å². The first-order chi connectivity index (χ1) is 35.8. The van der Waals surface area contributed by atoms with Crippen molar-refractivity contribution in [2.75, 3.05) is 62.2 Å². The zero-order valence-electron chi connectivity index (χ0n) is 43.7. The average molecular weight is 1090 g/mol. The summed E-state index contributed by atoms with van der Waals surface area (Å²) in [6, 6.07) is 5.65. The van der Waals surface area contributed by atoms with Crippen molar-refractivity contribution < 1.29 is 33.4 Å². The van der Waals surface area contributed by atoms with E-state index in [4.69, 9.17) is 32.0 Å². The largest absolute Gasteiger partial charge is 0.490 e. The summed E-state index contributed by atoms with van der Waals surface area (Å²) in [5, 5.41) is 17.7. The quantitative estimate of drug-likeness (QED) is 0.0894. The first kappa shape index (κ1) is 54.6. The second-order valence-electron chi connectivity index (χ2n) is 22.5. The molecular weight excluding hydrogens is 1020 g/mol. The van der Waals surface area contributed by atoms with Crippen LogP contribution in [0.25, 0.3) is 10.4 Å². The molecule has 4 aliphatic heterocycles. The number of aryl methyl sites for hydroxylation is 1. The Morgan fingerprint density at radius 2 is 1.71 bits per heavy atom. The highest BCUT2D eigenvalue weighted by Gasteiger charge is 2.53. The molecule has 7 heterocycles. The van der Waals surface area contributed by atoms with Crippen molar-refractivity contribution in [1.82, 2.24) is 40.4 Å². The summed E-state index contributed by atoms with van der Waals surface area (Å²) in [6.45, 7) is 14.6. The SMILES string of the molecule is Cc1ncsc1-c1ccc(CNC(=O)[C@@H]2C[C@@H](O)CN2C(=O)[C@@H](NC(=O)C2(F)CC2)C(C)(C)C)c(OC2CCN(C(=O)CC3CCN(c4nccc(Sc5cnc(N6CCC(C)(CN)CC6)cn5)c4Cl)CC3)CC2)c1. The van der Waals surface area contributed by atoms with Crippen LogP contribution in [0.4, 0.5) is 16.0 Å². The third-order valence-corrected chi connectivity index (χ3v) is 18.2. The Hall–Kier alpha value is -5.15. The van der Waals surface area contributed by atoms with E-state index in [2.05, 4.69) is 37.3 Å². The number of nitrogens with two attached hydrogens (primary N) is 1. The van der Waals surface area contributed by atoms with Gasteiger partial charge in [-0.25, -0.2) is 24.3 Å². The Kier molecular flexibility index (Phi) is 16.6. The molecule has 0 bridgehead atoms. The Bertz CT molecular complexity index is 2700. The van der Waals surface area contributed by atoms with E-state index >= 15 is 0 Å². The lowest BCUT2D eigenvalue weighted by Gasteiger charge is -2.39. The number of hydrogen-bond donors (Lipinski definition) is 4. The van der Waals surface area contributed by atoms with Crippen LogP contribution in [-0.4, -0.2) is 141 Å². The topological polar surface area (TPSA) is 212 Å². The lowest BCUT2D eigenvalue weighted by molar-refractivity contribution is -0.145. The van der Waals surface area contributed by atoms with E-state index in [1.807, 2.05) is 42.3 Å². The molecule has 1 aliphatic carbocycles. The Morgan fingerprint density at radius 3 is 2.35 bits per heavy atom. The monoisotopic (exact) mass is 1090 g/mol. The van der Waals surface area contributed by atoms with Gasteiger partial charge in [-0.1, -0.05) is 63.2 Å². The second-order valence-corrected chi connectivity index (χ2v) is 24.8. The maximum atomic E-state index is 14.7. The number of thiazole rings is 1. The number of aliphatic hydroxyl groups excluding tert-OH is 1. The van der Waals surface area contributed by atoms with Crippen LogP contribution in [-0.2, 0) is 25.7 Å². The number of amides is 4. The summed E-state index contributed by atoms with van der Waals surface area (Å²) in [5.74, 6) is 0.742. The number of aromatic nitrogens is 4. The van der Waals surface area contributed by atoms with Gasteiger partial charge in [0.2, 0.25) is 17.7 Å². The number of ether oxygens (including phenoxy) is 1. The minimum atomic E-state index is -1.98. The predicted octanol–water partition coefficient (Wildman–Crippen LogP) is 6.96. The number of carbonyl (C=O) groups excluding carboxylic acids is 4.